The van der Waals surface area contributed by atoms with Gasteiger partial charge in [0.25, 0.3) is 0 Å². The fraction of sp³-hybridized carbons (Fsp3) is 0.250. The van der Waals surface area contributed by atoms with Crippen LogP contribution in [0.5, 0.6) is 0 Å². The number of anilines is 1. The summed E-state index contributed by atoms with van der Waals surface area (Å²) in [5.74, 6) is 0.900. The molecule has 0 saturated carbocycles. The topological polar surface area (TPSA) is 70.0 Å². The Hall–Kier alpha value is -4.51. The first-order valence-corrected chi connectivity index (χ1v) is 14.4. The minimum atomic E-state index is 0.614. The van der Waals surface area contributed by atoms with Gasteiger partial charge in [0.2, 0.25) is 0 Å². The number of H-pyrrole nitrogens is 1. The summed E-state index contributed by atoms with van der Waals surface area (Å²) in [5.41, 5.74) is 16.6. The lowest BCUT2D eigenvalue weighted by Crippen LogP contribution is -2.28. The van der Waals surface area contributed by atoms with Crippen LogP contribution in [0.15, 0.2) is 110 Å². The second-order valence-electron chi connectivity index (χ2n) is 10.5. The van der Waals surface area contributed by atoms with Crippen molar-refractivity contribution in [1.29, 1.82) is 0 Å². The molecule has 4 N–H and O–H groups in total. The fourth-order valence-corrected chi connectivity index (χ4v) is 5.29. The summed E-state index contributed by atoms with van der Waals surface area (Å²) in [7, 11) is 0. The molecule has 1 aliphatic rings. The molecule has 1 fully saturated rings. The molecule has 0 amide bonds. The van der Waals surface area contributed by atoms with Crippen LogP contribution < -0.4 is 11.1 Å². The molecule has 5 heteroatoms. The van der Waals surface area contributed by atoms with E-state index in [1.165, 1.54) is 24.8 Å². The Morgan fingerprint density at radius 1 is 1.10 bits per heavy atom. The number of nitrogens with zero attached hydrogens (tertiary/aromatic N) is 2. The molecule has 1 aliphatic heterocycles. The average molecular weight is 546 g/mol. The monoisotopic (exact) mass is 545 g/mol. The first kappa shape index (κ1) is 29.5. The van der Waals surface area contributed by atoms with Gasteiger partial charge in [-0.25, -0.2) is 4.98 Å². The standard InChI is InChI=1S/C36H43N5/c1-6-15-34(41-20-13-10-14-21-41)36-27(5)39-35(40-36)25-31-23-30(18-19-33(31)37)29(7-2)24-32(8-3)38-26(4)22-28-16-11-9-12-17-28/h6-9,11-12,15-19,23-24,38H,1,3-4,10,13-14,20-22,25,37H2,2,5H3,(H,39,40)/b29-7+,32-24+,34-15+. The second kappa shape index (κ2) is 14.2. The molecule has 0 spiro atoms. The van der Waals surface area contributed by atoms with E-state index >= 15 is 0 Å². The van der Waals surface area contributed by atoms with Crippen LogP contribution in [0.4, 0.5) is 5.69 Å². The van der Waals surface area contributed by atoms with Crippen LogP contribution in [0, 0.1) is 6.92 Å². The zero-order valence-electron chi connectivity index (χ0n) is 24.5. The minimum Gasteiger partial charge on any atom is -0.398 e. The molecule has 0 atom stereocenters. The Balaban J connectivity index is 1.53. The molecule has 0 bridgehead atoms. The molecule has 4 rings (SSSR count). The van der Waals surface area contributed by atoms with Gasteiger partial charge in [-0.05, 0) is 85.7 Å². The maximum Gasteiger partial charge on any atom is 0.111 e. The Morgan fingerprint density at radius 2 is 1.85 bits per heavy atom. The summed E-state index contributed by atoms with van der Waals surface area (Å²) in [6.07, 6.45) is 15.0. The smallest absolute Gasteiger partial charge is 0.111 e. The van der Waals surface area contributed by atoms with E-state index in [2.05, 4.69) is 84.4 Å². The molecule has 0 unspecified atom stereocenters. The summed E-state index contributed by atoms with van der Waals surface area (Å²) in [5, 5.41) is 3.42. The van der Waals surface area contributed by atoms with Gasteiger partial charge in [-0.15, -0.1) is 0 Å². The third-order valence-corrected chi connectivity index (χ3v) is 7.41. The number of hydrogen-bond acceptors (Lipinski definition) is 4. The highest BCUT2D eigenvalue weighted by Crippen LogP contribution is 2.28. The molecule has 1 saturated heterocycles. The number of allylic oxidation sites excluding steroid dienone is 7. The van der Waals surface area contributed by atoms with Crippen LogP contribution in [-0.2, 0) is 12.8 Å². The van der Waals surface area contributed by atoms with Crippen LogP contribution in [0.1, 0.15) is 60.1 Å². The number of aryl methyl sites for hydroxylation is 1. The fourth-order valence-electron chi connectivity index (χ4n) is 5.29. The van der Waals surface area contributed by atoms with E-state index in [4.69, 9.17) is 10.7 Å². The predicted octanol–water partition coefficient (Wildman–Crippen LogP) is 7.72. The lowest BCUT2D eigenvalue weighted by Gasteiger charge is -2.30. The molecule has 2 aromatic carbocycles. The number of nitrogens with one attached hydrogen (secondary N) is 2. The predicted molar refractivity (Wildman–Crippen MR) is 175 cm³/mol. The number of likely N-dealkylation sites (tertiary alicyclic amines) is 1. The van der Waals surface area contributed by atoms with E-state index in [0.717, 1.165) is 76.2 Å². The number of nitrogen functional groups attached to an aromatic ring is 1. The van der Waals surface area contributed by atoms with Crippen molar-refractivity contribution in [3.05, 3.63) is 144 Å². The zero-order valence-corrected chi connectivity index (χ0v) is 24.5. The van der Waals surface area contributed by atoms with Gasteiger partial charge < -0.3 is 20.9 Å². The third kappa shape index (κ3) is 7.79. The Morgan fingerprint density at radius 3 is 2.54 bits per heavy atom. The molecule has 3 aromatic rings. The van der Waals surface area contributed by atoms with Crippen LogP contribution in [0.2, 0.25) is 0 Å². The third-order valence-electron chi connectivity index (χ3n) is 7.41. The van der Waals surface area contributed by atoms with Crippen molar-refractivity contribution in [2.45, 2.75) is 46.0 Å². The number of aromatic nitrogens is 2. The molecule has 0 radical (unpaired) electrons. The summed E-state index contributed by atoms with van der Waals surface area (Å²) < 4.78 is 0. The number of aromatic amines is 1. The highest BCUT2D eigenvalue weighted by molar-refractivity contribution is 5.76. The summed E-state index contributed by atoms with van der Waals surface area (Å²) in [4.78, 5) is 11.0. The first-order chi connectivity index (χ1) is 19.9. The Kier molecular flexibility index (Phi) is 10.2. The van der Waals surface area contributed by atoms with Crippen molar-refractivity contribution in [3.63, 3.8) is 0 Å². The van der Waals surface area contributed by atoms with Crippen molar-refractivity contribution in [3.8, 4) is 0 Å². The molecular formula is C36H43N5. The van der Waals surface area contributed by atoms with E-state index in [1.807, 2.05) is 43.3 Å². The van der Waals surface area contributed by atoms with Gasteiger partial charge in [-0.2, -0.15) is 0 Å². The largest absolute Gasteiger partial charge is 0.398 e. The number of benzene rings is 2. The van der Waals surface area contributed by atoms with Gasteiger partial charge in [0.1, 0.15) is 11.5 Å². The molecule has 2 heterocycles. The van der Waals surface area contributed by atoms with Crippen LogP contribution in [0.25, 0.3) is 11.3 Å². The van der Waals surface area contributed by atoms with E-state index in [1.54, 1.807) is 0 Å². The van der Waals surface area contributed by atoms with Crippen molar-refractivity contribution in [1.82, 2.24) is 20.2 Å². The van der Waals surface area contributed by atoms with Crippen LogP contribution in [0.3, 0.4) is 0 Å². The first-order valence-electron chi connectivity index (χ1n) is 14.4. The van der Waals surface area contributed by atoms with Crippen LogP contribution >= 0.6 is 0 Å². The number of hydrogen-bond donors (Lipinski definition) is 3. The van der Waals surface area contributed by atoms with Gasteiger partial charge in [-0.3, -0.25) is 0 Å². The van der Waals surface area contributed by atoms with E-state index in [-0.39, 0.29) is 0 Å². The average Bonchev–Trinajstić information content (AvgIpc) is 3.35. The van der Waals surface area contributed by atoms with Crippen molar-refractivity contribution in [2.75, 3.05) is 18.8 Å². The molecule has 5 nitrogen and oxygen atoms in total. The summed E-state index contributed by atoms with van der Waals surface area (Å²) in [6, 6.07) is 16.5. The molecule has 41 heavy (non-hydrogen) atoms. The van der Waals surface area contributed by atoms with Gasteiger partial charge in [0.15, 0.2) is 0 Å². The quantitative estimate of drug-likeness (QED) is 0.161. The highest BCUT2D eigenvalue weighted by atomic mass is 15.2. The number of piperidine rings is 1. The normalized spacial score (nSPS) is 14.6. The second-order valence-corrected chi connectivity index (χ2v) is 10.5. The summed E-state index contributed by atoms with van der Waals surface area (Å²) >= 11 is 0. The van der Waals surface area contributed by atoms with Gasteiger partial charge >= 0.3 is 0 Å². The van der Waals surface area contributed by atoms with Crippen molar-refractivity contribution in [2.24, 2.45) is 0 Å². The number of imidazole rings is 1. The number of rotatable bonds is 12. The lowest BCUT2D eigenvalue weighted by molar-refractivity contribution is 0.325. The van der Waals surface area contributed by atoms with E-state index < -0.39 is 0 Å². The summed E-state index contributed by atoms with van der Waals surface area (Å²) in [6.45, 7) is 18.4. The maximum absolute atomic E-state index is 6.47. The minimum absolute atomic E-state index is 0.614. The van der Waals surface area contributed by atoms with Crippen LogP contribution in [-0.4, -0.2) is 28.0 Å². The van der Waals surface area contributed by atoms with Gasteiger partial charge in [0.05, 0.1) is 5.70 Å². The molecule has 212 valence electrons. The molecule has 1 aromatic heterocycles. The zero-order chi connectivity index (χ0) is 29.2. The number of nitrogens with two attached hydrogens (primary N) is 1. The van der Waals surface area contributed by atoms with E-state index in [0.29, 0.717) is 6.42 Å². The molecular weight excluding hydrogens is 502 g/mol. The highest BCUT2D eigenvalue weighted by Gasteiger charge is 2.20. The van der Waals surface area contributed by atoms with Gasteiger partial charge in [0, 0.05) is 48.7 Å². The molecule has 0 aliphatic carbocycles. The Labute approximate surface area is 245 Å². The SMILES string of the molecule is C=C/C=C(\c1nc(Cc2cc(C(/C=C(\C=C)NC(=C)Cc3ccccc3)=C/C)ccc2N)[nH]c1C)N1CCCCC1. The van der Waals surface area contributed by atoms with Crippen molar-refractivity contribution >= 4 is 17.0 Å². The Bertz CT molecular complexity index is 1460. The van der Waals surface area contributed by atoms with Gasteiger partial charge in [-0.1, -0.05) is 68.3 Å². The van der Waals surface area contributed by atoms with Crippen molar-refractivity contribution < 1.29 is 0 Å². The maximum atomic E-state index is 6.47. The lowest BCUT2D eigenvalue weighted by atomic mass is 9.99. The van der Waals surface area contributed by atoms with E-state index in [9.17, 15) is 0 Å².